The number of allylic oxidation sites excluding steroid dienone is 1. The predicted octanol–water partition coefficient (Wildman–Crippen LogP) is 7.68. The van der Waals surface area contributed by atoms with E-state index in [1.807, 2.05) is 12.1 Å². The van der Waals surface area contributed by atoms with Crippen LogP contribution < -0.4 is 0 Å². The summed E-state index contributed by atoms with van der Waals surface area (Å²) >= 11 is 0. The number of hydrogen-bond acceptors (Lipinski definition) is 1. The summed E-state index contributed by atoms with van der Waals surface area (Å²) in [7, 11) is 0. The van der Waals surface area contributed by atoms with Crippen LogP contribution in [0.4, 0.5) is 4.39 Å². The lowest BCUT2D eigenvalue weighted by Crippen LogP contribution is -2.25. The molecule has 1 nitrogen and oxygen atoms in total. The van der Waals surface area contributed by atoms with Crippen molar-refractivity contribution >= 4 is 0 Å². The highest BCUT2D eigenvalue weighted by Crippen LogP contribution is 2.44. The summed E-state index contributed by atoms with van der Waals surface area (Å²) in [6, 6.07) is 10.5. The van der Waals surface area contributed by atoms with Crippen LogP contribution in [0.5, 0.6) is 0 Å². The summed E-state index contributed by atoms with van der Waals surface area (Å²) in [5.41, 5.74) is 2.20. The molecule has 0 radical (unpaired) electrons. The molecule has 0 unspecified atom stereocenters. The molecule has 2 aliphatic carbocycles. The summed E-state index contributed by atoms with van der Waals surface area (Å²) in [5, 5.41) is 8.95. The predicted molar refractivity (Wildman–Crippen MR) is 110 cm³/mol. The Morgan fingerprint density at radius 1 is 0.889 bits per heavy atom. The molecule has 3 rings (SSSR count). The van der Waals surface area contributed by atoms with Crippen molar-refractivity contribution in [2.75, 3.05) is 0 Å². The lowest BCUT2D eigenvalue weighted by atomic mass is 9.68. The van der Waals surface area contributed by atoms with Crippen molar-refractivity contribution < 1.29 is 4.39 Å². The van der Waals surface area contributed by atoms with Crippen molar-refractivity contribution in [3.63, 3.8) is 0 Å². The third kappa shape index (κ3) is 5.93. The van der Waals surface area contributed by atoms with E-state index in [-0.39, 0.29) is 0 Å². The Morgan fingerprint density at radius 2 is 1.52 bits per heavy atom. The maximum absolute atomic E-state index is 12.0. The Kier molecular flexibility index (Phi) is 7.93. The second-order valence-corrected chi connectivity index (χ2v) is 8.77. The molecule has 0 aliphatic heterocycles. The average Bonchev–Trinajstić information content (AvgIpc) is 2.74. The molecule has 2 saturated carbocycles. The topological polar surface area (TPSA) is 23.8 Å². The van der Waals surface area contributed by atoms with Gasteiger partial charge >= 0.3 is 0 Å². The lowest BCUT2D eigenvalue weighted by molar-refractivity contribution is 0.155. The minimum atomic E-state index is 0.682. The third-order valence-electron chi connectivity index (χ3n) is 7.16. The second-order valence-electron chi connectivity index (χ2n) is 8.77. The molecule has 0 bridgehead atoms. The number of unbranched alkanes of at least 4 members (excludes halogenated alkanes) is 2. The van der Waals surface area contributed by atoms with Gasteiger partial charge in [0.25, 0.3) is 0 Å². The van der Waals surface area contributed by atoms with Crippen molar-refractivity contribution in [1.82, 2.24) is 0 Å². The van der Waals surface area contributed by atoms with E-state index in [2.05, 4.69) is 18.2 Å². The van der Waals surface area contributed by atoms with Gasteiger partial charge in [-0.3, -0.25) is 0 Å². The molecule has 1 aromatic rings. The SMILES string of the molecule is N#Cc1ccc(C2CCC(C3CCC(CCCC/C=C/F)CC3)CC2)cc1. The van der Waals surface area contributed by atoms with E-state index in [1.54, 1.807) is 6.08 Å². The molecule has 2 aliphatic rings. The maximum Gasteiger partial charge on any atom is 0.0991 e. The first-order chi connectivity index (χ1) is 13.3. The Bertz CT molecular complexity index is 611. The van der Waals surface area contributed by atoms with Crippen LogP contribution in [0.3, 0.4) is 0 Å². The summed E-state index contributed by atoms with van der Waals surface area (Å²) in [6.07, 6.45) is 18.1. The van der Waals surface area contributed by atoms with E-state index < -0.39 is 0 Å². The van der Waals surface area contributed by atoms with Crippen molar-refractivity contribution in [2.45, 2.75) is 83.0 Å². The van der Waals surface area contributed by atoms with Gasteiger partial charge in [-0.25, -0.2) is 4.39 Å². The van der Waals surface area contributed by atoms with Gasteiger partial charge in [-0.1, -0.05) is 43.9 Å². The zero-order chi connectivity index (χ0) is 18.9. The molecule has 0 atom stereocenters. The van der Waals surface area contributed by atoms with Crippen LogP contribution in [0.25, 0.3) is 0 Å². The number of halogens is 1. The number of hydrogen-bond donors (Lipinski definition) is 0. The van der Waals surface area contributed by atoms with Crippen LogP contribution >= 0.6 is 0 Å². The van der Waals surface area contributed by atoms with Crippen LogP contribution in [0.15, 0.2) is 36.7 Å². The Balaban J connectivity index is 1.36. The highest BCUT2D eigenvalue weighted by molar-refractivity contribution is 5.33. The molecule has 1 aromatic carbocycles. The molecule has 0 heterocycles. The highest BCUT2D eigenvalue weighted by Gasteiger charge is 2.31. The molecule has 0 N–H and O–H groups in total. The van der Waals surface area contributed by atoms with Gasteiger partial charge in [-0.15, -0.1) is 0 Å². The average molecular weight is 368 g/mol. The number of benzene rings is 1. The number of nitriles is 1. The van der Waals surface area contributed by atoms with E-state index >= 15 is 0 Å². The zero-order valence-corrected chi connectivity index (χ0v) is 16.6. The largest absolute Gasteiger partial charge is 0.216 e. The molecular weight excluding hydrogens is 333 g/mol. The van der Waals surface area contributed by atoms with E-state index in [0.29, 0.717) is 12.2 Å². The maximum atomic E-state index is 12.0. The zero-order valence-electron chi connectivity index (χ0n) is 16.6. The van der Waals surface area contributed by atoms with Gasteiger partial charge in [0, 0.05) is 0 Å². The lowest BCUT2D eigenvalue weighted by Gasteiger charge is -2.38. The molecule has 0 saturated heterocycles. The van der Waals surface area contributed by atoms with Crippen LogP contribution in [-0.2, 0) is 0 Å². The third-order valence-corrected chi connectivity index (χ3v) is 7.16. The van der Waals surface area contributed by atoms with Gasteiger partial charge in [-0.05, 0) is 92.7 Å². The van der Waals surface area contributed by atoms with Gasteiger partial charge < -0.3 is 0 Å². The first-order valence-electron chi connectivity index (χ1n) is 11.1. The van der Waals surface area contributed by atoms with Crippen molar-refractivity contribution in [3.05, 3.63) is 47.8 Å². The monoisotopic (exact) mass is 367 g/mol. The Hall–Kier alpha value is -1.62. The number of nitrogens with zero attached hydrogens (tertiary/aromatic N) is 1. The quantitative estimate of drug-likeness (QED) is 0.453. The Labute approximate surface area is 164 Å². The molecule has 0 amide bonds. The highest BCUT2D eigenvalue weighted by atomic mass is 19.1. The minimum absolute atomic E-state index is 0.682. The van der Waals surface area contributed by atoms with E-state index in [1.165, 1.54) is 69.8 Å². The van der Waals surface area contributed by atoms with Crippen molar-refractivity contribution in [3.8, 4) is 6.07 Å². The summed E-state index contributed by atoms with van der Waals surface area (Å²) < 4.78 is 12.0. The normalized spacial score (nSPS) is 28.9. The van der Waals surface area contributed by atoms with E-state index in [9.17, 15) is 4.39 Å². The van der Waals surface area contributed by atoms with Gasteiger partial charge in [0.05, 0.1) is 18.0 Å². The minimum Gasteiger partial charge on any atom is -0.216 e. The summed E-state index contributed by atoms with van der Waals surface area (Å²) in [4.78, 5) is 0. The second kappa shape index (κ2) is 10.6. The first kappa shape index (κ1) is 20.1. The molecular formula is C25H34FN. The van der Waals surface area contributed by atoms with Crippen LogP contribution in [0.1, 0.15) is 94.1 Å². The molecule has 146 valence electrons. The Morgan fingerprint density at radius 3 is 2.11 bits per heavy atom. The molecule has 2 heteroatoms. The first-order valence-corrected chi connectivity index (χ1v) is 11.1. The standard InChI is InChI=1S/C25H34FN/c26-18-4-2-1-3-5-20-6-10-22(11-7-20)24-14-16-25(17-15-24)23-12-8-21(19-27)9-13-23/h4,8-9,12-13,18,20,22,24-25H,1-3,5-7,10-11,14-17H2/b18-4+. The van der Waals surface area contributed by atoms with E-state index in [4.69, 9.17) is 5.26 Å². The fraction of sp³-hybridized carbons (Fsp3) is 0.640. The van der Waals surface area contributed by atoms with Gasteiger partial charge in [0.15, 0.2) is 0 Å². The molecule has 27 heavy (non-hydrogen) atoms. The number of rotatable bonds is 7. The van der Waals surface area contributed by atoms with Crippen LogP contribution in [0.2, 0.25) is 0 Å². The fourth-order valence-corrected chi connectivity index (χ4v) is 5.46. The summed E-state index contributed by atoms with van der Waals surface area (Å²) in [5.74, 6) is 3.52. The van der Waals surface area contributed by atoms with Crippen molar-refractivity contribution in [2.24, 2.45) is 17.8 Å². The molecule has 0 aromatic heterocycles. The molecule has 2 fully saturated rings. The fourth-order valence-electron chi connectivity index (χ4n) is 5.46. The van der Waals surface area contributed by atoms with Crippen LogP contribution in [-0.4, -0.2) is 0 Å². The van der Waals surface area contributed by atoms with Crippen molar-refractivity contribution in [1.29, 1.82) is 5.26 Å². The van der Waals surface area contributed by atoms with Crippen LogP contribution in [0, 0.1) is 29.1 Å². The van der Waals surface area contributed by atoms with E-state index in [0.717, 1.165) is 36.2 Å². The van der Waals surface area contributed by atoms with Gasteiger partial charge in [0.2, 0.25) is 0 Å². The smallest absolute Gasteiger partial charge is 0.0991 e. The van der Waals surface area contributed by atoms with Gasteiger partial charge in [-0.2, -0.15) is 5.26 Å². The summed E-state index contributed by atoms with van der Waals surface area (Å²) in [6.45, 7) is 0. The molecule has 0 spiro atoms. The van der Waals surface area contributed by atoms with Gasteiger partial charge in [0.1, 0.15) is 0 Å².